The molecule has 1 heterocycles. The van der Waals surface area contributed by atoms with Crippen LogP contribution in [0.1, 0.15) is 36.9 Å². The van der Waals surface area contributed by atoms with E-state index in [-0.39, 0.29) is 11.9 Å². The smallest absolute Gasteiger partial charge is 0.220 e. The van der Waals surface area contributed by atoms with E-state index in [0.29, 0.717) is 12.3 Å². The van der Waals surface area contributed by atoms with E-state index in [2.05, 4.69) is 28.5 Å². The standard InChI is InChI=1S/C19H21ClN2O/c20-16-7-3-6-14-15-11-13(8-9-17(15)22-19(14)16)21-18(23)10-12-4-1-2-5-12/h1,3-4,6-7,12-13,22H,2,5,8-11H2,(H,21,23)/t12-,13+/m0/s1. The third kappa shape index (κ3) is 2.90. The molecule has 2 aromatic rings. The predicted molar refractivity (Wildman–Crippen MR) is 93.7 cm³/mol. The van der Waals surface area contributed by atoms with E-state index in [0.717, 1.165) is 42.6 Å². The number of H-pyrrole nitrogens is 1. The molecule has 0 spiro atoms. The topological polar surface area (TPSA) is 44.9 Å². The first-order valence-electron chi connectivity index (χ1n) is 8.44. The van der Waals surface area contributed by atoms with Gasteiger partial charge in [-0.3, -0.25) is 4.79 Å². The third-order valence-corrected chi connectivity index (χ3v) is 5.41. The number of aryl methyl sites for hydroxylation is 1. The van der Waals surface area contributed by atoms with Crippen molar-refractivity contribution in [3.05, 3.63) is 46.6 Å². The highest BCUT2D eigenvalue weighted by atomic mass is 35.5. The summed E-state index contributed by atoms with van der Waals surface area (Å²) < 4.78 is 0. The number of halogens is 1. The van der Waals surface area contributed by atoms with Gasteiger partial charge < -0.3 is 10.3 Å². The summed E-state index contributed by atoms with van der Waals surface area (Å²) in [7, 11) is 0. The Labute approximate surface area is 141 Å². The molecule has 0 aliphatic heterocycles. The van der Waals surface area contributed by atoms with Gasteiger partial charge in [0.2, 0.25) is 5.91 Å². The minimum atomic E-state index is 0.188. The Kier molecular flexibility index (Phi) is 3.90. The molecule has 0 saturated heterocycles. The van der Waals surface area contributed by atoms with Crippen LogP contribution in [0.4, 0.5) is 0 Å². The summed E-state index contributed by atoms with van der Waals surface area (Å²) in [6.07, 6.45) is 10.1. The normalized spacial score (nSPS) is 23.2. The van der Waals surface area contributed by atoms with Crippen LogP contribution in [0.3, 0.4) is 0 Å². The van der Waals surface area contributed by atoms with Gasteiger partial charge >= 0.3 is 0 Å². The van der Waals surface area contributed by atoms with E-state index in [1.165, 1.54) is 16.6 Å². The van der Waals surface area contributed by atoms with Crippen LogP contribution in [0.25, 0.3) is 10.9 Å². The number of aromatic amines is 1. The van der Waals surface area contributed by atoms with Crippen molar-refractivity contribution in [2.75, 3.05) is 0 Å². The van der Waals surface area contributed by atoms with E-state index >= 15 is 0 Å². The summed E-state index contributed by atoms with van der Waals surface area (Å²) in [4.78, 5) is 15.7. The van der Waals surface area contributed by atoms with Crippen molar-refractivity contribution in [1.29, 1.82) is 0 Å². The lowest BCUT2D eigenvalue weighted by Gasteiger charge is -2.24. The molecule has 0 bridgehead atoms. The van der Waals surface area contributed by atoms with Gasteiger partial charge in [-0.05, 0) is 49.7 Å². The number of rotatable bonds is 3. The number of hydrogen-bond acceptors (Lipinski definition) is 1. The molecule has 3 nitrogen and oxygen atoms in total. The van der Waals surface area contributed by atoms with Gasteiger partial charge in [0, 0.05) is 23.5 Å². The lowest BCUT2D eigenvalue weighted by molar-refractivity contribution is -0.122. The Morgan fingerprint density at radius 1 is 1.35 bits per heavy atom. The Balaban J connectivity index is 1.48. The molecule has 0 unspecified atom stereocenters. The zero-order valence-corrected chi connectivity index (χ0v) is 13.8. The second-order valence-corrected chi connectivity index (χ2v) is 7.13. The minimum absolute atomic E-state index is 0.188. The number of carbonyl (C=O) groups excluding carboxylic acids is 1. The number of fused-ring (bicyclic) bond motifs is 3. The first-order valence-corrected chi connectivity index (χ1v) is 8.82. The first kappa shape index (κ1) is 14.8. The van der Waals surface area contributed by atoms with E-state index in [9.17, 15) is 4.79 Å². The van der Waals surface area contributed by atoms with Crippen molar-refractivity contribution in [2.45, 2.75) is 44.6 Å². The lowest BCUT2D eigenvalue weighted by Crippen LogP contribution is -2.39. The van der Waals surface area contributed by atoms with Crippen LogP contribution in [-0.4, -0.2) is 16.9 Å². The van der Waals surface area contributed by atoms with Gasteiger partial charge in [-0.25, -0.2) is 0 Å². The number of hydrogen-bond donors (Lipinski definition) is 2. The fourth-order valence-corrected chi connectivity index (χ4v) is 4.14. The van der Waals surface area contributed by atoms with Crippen LogP contribution in [-0.2, 0) is 17.6 Å². The molecule has 0 fully saturated rings. The number of carbonyl (C=O) groups is 1. The number of amides is 1. The fraction of sp³-hybridized carbons (Fsp3) is 0.421. The fourth-order valence-electron chi connectivity index (χ4n) is 3.92. The number of aromatic nitrogens is 1. The quantitative estimate of drug-likeness (QED) is 0.817. The van der Waals surface area contributed by atoms with Crippen LogP contribution in [0, 0.1) is 5.92 Å². The van der Waals surface area contributed by atoms with Crippen molar-refractivity contribution in [3.63, 3.8) is 0 Å². The van der Waals surface area contributed by atoms with E-state index in [4.69, 9.17) is 11.6 Å². The molecule has 0 radical (unpaired) electrons. The monoisotopic (exact) mass is 328 g/mol. The van der Waals surface area contributed by atoms with E-state index in [1.54, 1.807) is 0 Å². The Morgan fingerprint density at radius 3 is 3.09 bits per heavy atom. The summed E-state index contributed by atoms with van der Waals surface area (Å²) in [6.45, 7) is 0. The molecular weight excluding hydrogens is 308 g/mol. The Bertz CT molecular complexity index is 777. The van der Waals surface area contributed by atoms with Crippen LogP contribution in [0.2, 0.25) is 5.02 Å². The molecule has 2 N–H and O–H groups in total. The predicted octanol–water partition coefficient (Wildman–Crippen LogP) is 4.15. The summed E-state index contributed by atoms with van der Waals surface area (Å²) in [6, 6.07) is 6.26. The van der Waals surface area contributed by atoms with Crippen molar-refractivity contribution < 1.29 is 4.79 Å². The second-order valence-electron chi connectivity index (χ2n) is 6.72. The number of para-hydroxylation sites is 1. The van der Waals surface area contributed by atoms with Crippen LogP contribution < -0.4 is 5.32 Å². The van der Waals surface area contributed by atoms with Gasteiger partial charge in [-0.1, -0.05) is 35.9 Å². The molecule has 0 saturated carbocycles. The Hall–Kier alpha value is -1.74. The van der Waals surface area contributed by atoms with Crippen molar-refractivity contribution in [1.82, 2.24) is 10.3 Å². The van der Waals surface area contributed by atoms with Crippen molar-refractivity contribution in [3.8, 4) is 0 Å². The van der Waals surface area contributed by atoms with Crippen molar-refractivity contribution in [2.24, 2.45) is 5.92 Å². The molecule has 1 amide bonds. The summed E-state index contributed by atoms with van der Waals surface area (Å²) in [5.41, 5.74) is 3.62. The zero-order chi connectivity index (χ0) is 15.8. The lowest BCUT2D eigenvalue weighted by atomic mass is 9.91. The highest BCUT2D eigenvalue weighted by Gasteiger charge is 2.25. The first-order chi connectivity index (χ1) is 11.2. The maximum absolute atomic E-state index is 12.3. The average Bonchev–Trinajstić information content (AvgIpc) is 3.15. The summed E-state index contributed by atoms with van der Waals surface area (Å²) in [5.74, 6) is 0.619. The highest BCUT2D eigenvalue weighted by molar-refractivity contribution is 6.35. The molecule has 120 valence electrons. The third-order valence-electron chi connectivity index (χ3n) is 5.10. The second kappa shape index (κ2) is 6.04. The van der Waals surface area contributed by atoms with Crippen LogP contribution in [0.5, 0.6) is 0 Å². The molecule has 1 aromatic heterocycles. The molecule has 4 rings (SSSR count). The van der Waals surface area contributed by atoms with Crippen molar-refractivity contribution >= 4 is 28.4 Å². The van der Waals surface area contributed by atoms with Gasteiger partial charge in [-0.2, -0.15) is 0 Å². The zero-order valence-electron chi connectivity index (χ0n) is 13.1. The van der Waals surface area contributed by atoms with Crippen LogP contribution in [0.15, 0.2) is 30.4 Å². The number of benzene rings is 1. The molecule has 23 heavy (non-hydrogen) atoms. The average molecular weight is 329 g/mol. The molecule has 1 aromatic carbocycles. The van der Waals surface area contributed by atoms with Gasteiger partial charge in [0.1, 0.15) is 0 Å². The van der Waals surface area contributed by atoms with Gasteiger partial charge in [-0.15, -0.1) is 0 Å². The molecule has 2 aliphatic carbocycles. The molecular formula is C19H21ClN2O. The maximum atomic E-state index is 12.3. The Morgan fingerprint density at radius 2 is 2.26 bits per heavy atom. The number of allylic oxidation sites excluding steroid dienone is 2. The number of nitrogens with one attached hydrogen (secondary N) is 2. The SMILES string of the molecule is O=C(C[C@H]1C=CCC1)N[C@@H]1CCc2[nH]c3c(Cl)cccc3c2C1. The minimum Gasteiger partial charge on any atom is -0.357 e. The van der Waals surface area contributed by atoms with Gasteiger partial charge in [0.15, 0.2) is 0 Å². The molecule has 2 atom stereocenters. The van der Waals surface area contributed by atoms with Gasteiger partial charge in [0.05, 0.1) is 10.5 Å². The summed E-state index contributed by atoms with van der Waals surface area (Å²) >= 11 is 6.29. The van der Waals surface area contributed by atoms with E-state index < -0.39 is 0 Å². The maximum Gasteiger partial charge on any atom is 0.220 e. The largest absolute Gasteiger partial charge is 0.357 e. The highest BCUT2D eigenvalue weighted by Crippen LogP contribution is 2.32. The summed E-state index contributed by atoms with van der Waals surface area (Å²) in [5, 5.41) is 5.20. The van der Waals surface area contributed by atoms with Gasteiger partial charge in [0.25, 0.3) is 0 Å². The van der Waals surface area contributed by atoms with Crippen LogP contribution >= 0.6 is 11.6 Å². The molecule has 2 aliphatic rings. The molecule has 4 heteroatoms. The van der Waals surface area contributed by atoms with E-state index in [1.807, 2.05) is 12.1 Å².